The van der Waals surface area contributed by atoms with E-state index in [0.717, 1.165) is 27.7 Å². The molecule has 0 heterocycles. The number of hydrogen-bond acceptors (Lipinski definition) is 12. The smallest absolute Gasteiger partial charge is 0.475 e. The van der Waals surface area contributed by atoms with Crippen LogP contribution in [0.2, 0.25) is 0 Å². The second kappa shape index (κ2) is 22.9. The van der Waals surface area contributed by atoms with Crippen LogP contribution in [0.1, 0.15) is 62.8 Å². The van der Waals surface area contributed by atoms with Gasteiger partial charge in [0.2, 0.25) is 0 Å². The molecule has 4 aromatic rings. The monoisotopic (exact) mass is 709 g/mol. The van der Waals surface area contributed by atoms with Gasteiger partial charge in [-0.05, 0) is 64.9 Å². The number of carboxylic acids is 2. The third kappa shape index (κ3) is 15.6. The first-order valence-corrected chi connectivity index (χ1v) is 17.2. The van der Waals surface area contributed by atoms with E-state index >= 15 is 0 Å². The number of aromatic carboxylic acids is 2. The van der Waals surface area contributed by atoms with E-state index in [9.17, 15) is 34.9 Å². The first kappa shape index (κ1) is 41.5. The number of benzene rings is 4. The van der Waals surface area contributed by atoms with E-state index < -0.39 is 38.1 Å². The van der Waals surface area contributed by atoms with Gasteiger partial charge in [0, 0.05) is 11.5 Å². The number of nitrogens with one attached hydrogen (secondary N) is 2. The van der Waals surface area contributed by atoms with E-state index in [4.69, 9.17) is 10.2 Å². The van der Waals surface area contributed by atoms with Crippen molar-refractivity contribution in [1.82, 2.24) is 14.7 Å². The normalized spacial score (nSPS) is 11.7. The number of hydrogen-bond donors (Lipinski definition) is 9. The Labute approximate surface area is 295 Å². The van der Waals surface area contributed by atoms with E-state index in [1.54, 1.807) is 24.3 Å². The molecule has 2 atom stereocenters. The zero-order valence-electron chi connectivity index (χ0n) is 27.0. The van der Waals surface area contributed by atoms with Crippen LogP contribution in [0.5, 0.6) is 0 Å². The second-order valence-electron chi connectivity index (χ2n) is 10.1. The Bertz CT molecular complexity index is 1540. The molecule has 49 heavy (non-hydrogen) atoms. The third-order valence-electron chi connectivity index (χ3n) is 6.54. The molecule has 260 valence electrons. The molecule has 9 N–H and O–H groups in total. The highest BCUT2D eigenvalue weighted by Crippen LogP contribution is 2.21. The Morgan fingerprint density at radius 2 is 1.20 bits per heavy atom. The summed E-state index contributed by atoms with van der Waals surface area (Å²) in [5.41, 5.74) is 6.03. The Kier molecular flexibility index (Phi) is 19.4. The van der Waals surface area contributed by atoms with Gasteiger partial charge in [-0.25, -0.2) is 15.0 Å². The fourth-order valence-corrected chi connectivity index (χ4v) is 5.70. The van der Waals surface area contributed by atoms with Crippen molar-refractivity contribution >= 4 is 50.1 Å². The van der Waals surface area contributed by atoms with Crippen molar-refractivity contribution in [2.45, 2.75) is 43.7 Å². The Morgan fingerprint density at radius 1 is 0.694 bits per heavy atom. The summed E-state index contributed by atoms with van der Waals surface area (Å²) in [7, 11) is -3.37. The minimum absolute atomic E-state index is 0.109. The van der Waals surface area contributed by atoms with Gasteiger partial charge in [0.15, 0.2) is 0 Å². The summed E-state index contributed by atoms with van der Waals surface area (Å²) in [6.07, 6.45) is 0.127. The maximum absolute atomic E-state index is 11.0. The average Bonchev–Trinajstić information content (AvgIpc) is 3.11. The molecule has 0 aliphatic heterocycles. The number of nitrogens with zero attached hydrogens (tertiary/aromatic N) is 1. The van der Waals surface area contributed by atoms with Crippen molar-refractivity contribution in [2.75, 3.05) is 0 Å². The lowest BCUT2D eigenvalue weighted by molar-refractivity contribution is -0.0391. The predicted molar refractivity (Wildman–Crippen MR) is 194 cm³/mol. The Hall–Kier alpha value is -3.67. The van der Waals surface area contributed by atoms with Gasteiger partial charge in [0.25, 0.3) is 0 Å². The largest absolute Gasteiger partial charge is 0.478 e. The van der Waals surface area contributed by atoms with Crippen LogP contribution in [-0.4, -0.2) is 72.2 Å². The van der Waals surface area contributed by atoms with Crippen LogP contribution in [0.25, 0.3) is 0 Å². The van der Waals surface area contributed by atoms with Crippen LogP contribution in [-0.2, 0) is 17.9 Å². The lowest BCUT2D eigenvalue weighted by atomic mass is 9.75. The summed E-state index contributed by atoms with van der Waals surface area (Å²) >= 11 is 2.39. The molecular formula is C33H41B2N3O9S2. The van der Waals surface area contributed by atoms with E-state index in [-0.39, 0.29) is 17.5 Å². The fourth-order valence-electron chi connectivity index (χ4n) is 4.15. The molecule has 12 nitrogen and oxygen atoms in total. The third-order valence-corrected chi connectivity index (χ3v) is 8.26. The Morgan fingerprint density at radius 3 is 1.73 bits per heavy atom. The molecule has 0 aliphatic carbocycles. The van der Waals surface area contributed by atoms with Crippen molar-refractivity contribution in [3.8, 4) is 0 Å². The van der Waals surface area contributed by atoms with Crippen LogP contribution < -0.4 is 10.1 Å². The molecule has 0 aliphatic rings. The lowest BCUT2D eigenvalue weighted by Gasteiger charge is -2.23. The van der Waals surface area contributed by atoms with Gasteiger partial charge in [0.1, 0.15) is 0 Å². The van der Waals surface area contributed by atoms with Crippen molar-refractivity contribution in [3.05, 3.63) is 143 Å². The van der Waals surface area contributed by atoms with Crippen LogP contribution in [0.3, 0.4) is 0 Å². The zero-order chi connectivity index (χ0) is 36.2. The van der Waals surface area contributed by atoms with Crippen LogP contribution >= 0.6 is 23.9 Å². The highest BCUT2D eigenvalue weighted by Gasteiger charge is 2.27. The highest BCUT2D eigenvalue weighted by molar-refractivity contribution is 7.96. The molecule has 2 unspecified atom stereocenters. The van der Waals surface area contributed by atoms with Gasteiger partial charge in [0.05, 0.1) is 23.0 Å². The van der Waals surface area contributed by atoms with E-state index in [1.165, 1.54) is 36.2 Å². The van der Waals surface area contributed by atoms with E-state index in [2.05, 4.69) is 10.1 Å². The van der Waals surface area contributed by atoms with E-state index in [0.29, 0.717) is 22.6 Å². The molecule has 16 heteroatoms. The van der Waals surface area contributed by atoms with Crippen molar-refractivity contribution in [1.29, 1.82) is 0 Å². The van der Waals surface area contributed by atoms with Gasteiger partial charge < -0.3 is 30.3 Å². The summed E-state index contributed by atoms with van der Waals surface area (Å²) in [5.74, 6) is -2.64. The van der Waals surface area contributed by atoms with Gasteiger partial charge in [-0.3, -0.25) is 9.93 Å². The SMILES string of the molecule is CC.O=C(O)c1cccc(C(NSCc2ccccc2)B(O)O)c1.O=C(O)c1cccc(CC(NN(O)SCc2ccccc2)B(O)O)c1. The summed E-state index contributed by atoms with van der Waals surface area (Å²) in [5, 5.41) is 66.0. The molecule has 0 spiro atoms. The number of carboxylic acid groups (broad SMARTS) is 2. The predicted octanol–water partition coefficient (Wildman–Crippen LogP) is 4.25. The molecule has 4 aromatic carbocycles. The average molecular weight is 709 g/mol. The van der Waals surface area contributed by atoms with Gasteiger partial charge in [-0.15, -0.1) is 0 Å². The fraction of sp³-hybridized carbons (Fsp3) is 0.212. The van der Waals surface area contributed by atoms with Gasteiger partial charge >= 0.3 is 26.2 Å². The van der Waals surface area contributed by atoms with Gasteiger partial charge in [-0.1, -0.05) is 115 Å². The first-order chi connectivity index (χ1) is 23.5. The van der Waals surface area contributed by atoms with Crippen LogP contribution in [0.4, 0.5) is 0 Å². The molecule has 4 rings (SSSR count). The summed E-state index contributed by atoms with van der Waals surface area (Å²) in [4.78, 5) is 22.0. The maximum Gasteiger partial charge on any atom is 0.475 e. The lowest BCUT2D eigenvalue weighted by Crippen LogP contribution is -2.50. The summed E-state index contributed by atoms with van der Waals surface area (Å²) in [6, 6.07) is 31.6. The molecule has 0 radical (unpaired) electrons. The minimum atomic E-state index is -1.74. The molecule has 0 aromatic heterocycles. The number of hydrazine groups is 1. The maximum atomic E-state index is 11.0. The van der Waals surface area contributed by atoms with E-state index in [1.807, 2.05) is 74.5 Å². The number of rotatable bonds is 16. The molecule has 0 saturated carbocycles. The highest BCUT2D eigenvalue weighted by atomic mass is 32.2. The van der Waals surface area contributed by atoms with Crippen molar-refractivity contribution in [3.63, 3.8) is 0 Å². The molecular weight excluding hydrogens is 668 g/mol. The number of carbonyl (C=O) groups is 2. The van der Waals surface area contributed by atoms with Crippen molar-refractivity contribution < 1.29 is 45.1 Å². The standard InChI is InChI=1S/C16H19BN2O5S.C15H16BNO4S.C2H6/c20-16(21)14-8-4-7-13(9-14)10-15(17(22)23)18-19(24)25-11-12-5-2-1-3-6-12;18-15(19)13-8-4-7-12(9-13)14(16(20)21)17-22-10-11-5-2-1-3-6-11;1-2/h1-9,15,18,22-24H,10-11H2,(H,20,21);1-9,14,17,20-21H,10H2,(H,18,19);1-2H3. The van der Waals surface area contributed by atoms with Gasteiger partial charge in [-0.2, -0.15) is 0 Å². The topological polar surface area (TPSA) is 203 Å². The second-order valence-corrected chi connectivity index (χ2v) is 11.8. The first-order valence-electron chi connectivity index (χ1n) is 15.2. The molecule has 0 bridgehead atoms. The van der Waals surface area contributed by atoms with Crippen LogP contribution in [0, 0.1) is 0 Å². The Balaban J connectivity index is 0.000000326. The summed E-state index contributed by atoms with van der Waals surface area (Å²) in [6.45, 7) is 4.00. The minimum Gasteiger partial charge on any atom is -0.478 e. The summed E-state index contributed by atoms with van der Waals surface area (Å²) < 4.78 is 3.71. The van der Waals surface area contributed by atoms with Crippen LogP contribution in [0.15, 0.2) is 109 Å². The molecule has 0 saturated heterocycles. The molecule has 0 fully saturated rings. The molecule has 0 amide bonds. The zero-order valence-corrected chi connectivity index (χ0v) is 28.7. The van der Waals surface area contributed by atoms with Crippen molar-refractivity contribution in [2.24, 2.45) is 0 Å². The quantitative estimate of drug-likeness (QED) is 0.0454.